The van der Waals surface area contributed by atoms with Crippen LogP contribution in [0.3, 0.4) is 0 Å². The van der Waals surface area contributed by atoms with E-state index in [1.54, 1.807) is 6.20 Å². The standard InChI is InChI=1S/C11H16BrN3O2/c1-3-4-8(2)14-9-7-13-15(5-6-16)11(17)10(9)12/h3,7-8,14,16H,1,4-6H2,2H3. The van der Waals surface area contributed by atoms with Crippen molar-refractivity contribution >= 4 is 21.6 Å². The number of anilines is 1. The molecule has 0 saturated carbocycles. The van der Waals surface area contributed by atoms with E-state index in [4.69, 9.17) is 5.11 Å². The van der Waals surface area contributed by atoms with Crippen LogP contribution in [0.1, 0.15) is 13.3 Å². The van der Waals surface area contributed by atoms with Gasteiger partial charge in [-0.15, -0.1) is 6.58 Å². The third-order valence-electron chi connectivity index (χ3n) is 2.22. The smallest absolute Gasteiger partial charge is 0.283 e. The molecule has 1 rings (SSSR count). The molecule has 0 fully saturated rings. The first kappa shape index (κ1) is 13.9. The van der Waals surface area contributed by atoms with Gasteiger partial charge in [-0.25, -0.2) is 4.68 Å². The Morgan fingerprint density at radius 3 is 3.06 bits per heavy atom. The summed E-state index contributed by atoms with van der Waals surface area (Å²) in [5.74, 6) is 0. The second-order valence-corrected chi connectivity index (χ2v) is 4.49. The predicted molar refractivity (Wildman–Crippen MR) is 71.2 cm³/mol. The van der Waals surface area contributed by atoms with E-state index in [1.165, 1.54) is 4.68 Å². The van der Waals surface area contributed by atoms with E-state index >= 15 is 0 Å². The van der Waals surface area contributed by atoms with Gasteiger partial charge < -0.3 is 10.4 Å². The van der Waals surface area contributed by atoms with Crippen LogP contribution in [0.25, 0.3) is 0 Å². The summed E-state index contributed by atoms with van der Waals surface area (Å²) in [5.41, 5.74) is 0.397. The Morgan fingerprint density at radius 1 is 1.76 bits per heavy atom. The molecule has 0 spiro atoms. The van der Waals surface area contributed by atoms with Crippen molar-refractivity contribution in [2.45, 2.75) is 25.9 Å². The molecule has 1 aromatic rings. The van der Waals surface area contributed by atoms with Crippen LogP contribution in [0.2, 0.25) is 0 Å². The lowest BCUT2D eigenvalue weighted by Crippen LogP contribution is -2.27. The summed E-state index contributed by atoms with van der Waals surface area (Å²) < 4.78 is 1.64. The highest BCUT2D eigenvalue weighted by Crippen LogP contribution is 2.17. The molecule has 0 aromatic carbocycles. The fourth-order valence-electron chi connectivity index (χ4n) is 1.39. The van der Waals surface area contributed by atoms with Crippen molar-refractivity contribution in [2.75, 3.05) is 11.9 Å². The van der Waals surface area contributed by atoms with Gasteiger partial charge in [0, 0.05) is 6.04 Å². The first-order chi connectivity index (χ1) is 8.10. The summed E-state index contributed by atoms with van der Waals surface area (Å²) >= 11 is 3.24. The molecule has 6 heteroatoms. The summed E-state index contributed by atoms with van der Waals surface area (Å²) in [6, 6.07) is 0.179. The Labute approximate surface area is 108 Å². The minimum atomic E-state index is -0.255. The summed E-state index contributed by atoms with van der Waals surface area (Å²) in [5, 5.41) is 15.9. The second kappa shape index (κ2) is 6.56. The van der Waals surface area contributed by atoms with Crippen LogP contribution >= 0.6 is 15.9 Å². The Hall–Kier alpha value is -1.14. The lowest BCUT2D eigenvalue weighted by atomic mass is 10.2. The largest absolute Gasteiger partial charge is 0.394 e. The summed E-state index contributed by atoms with van der Waals surface area (Å²) in [6.07, 6.45) is 4.18. The Balaban J connectivity index is 2.92. The SMILES string of the molecule is C=CCC(C)Nc1cnn(CCO)c(=O)c1Br. The van der Waals surface area contributed by atoms with Crippen molar-refractivity contribution in [2.24, 2.45) is 0 Å². The number of hydrogen-bond donors (Lipinski definition) is 2. The number of aromatic nitrogens is 2. The van der Waals surface area contributed by atoms with Crippen LogP contribution in [-0.4, -0.2) is 27.5 Å². The fraction of sp³-hybridized carbons (Fsp3) is 0.455. The van der Waals surface area contributed by atoms with Gasteiger partial charge in [-0.2, -0.15) is 5.10 Å². The third kappa shape index (κ3) is 3.67. The molecular weight excluding hydrogens is 286 g/mol. The monoisotopic (exact) mass is 301 g/mol. The molecule has 5 nitrogen and oxygen atoms in total. The van der Waals surface area contributed by atoms with Gasteiger partial charge in [0.25, 0.3) is 5.56 Å². The molecule has 0 bridgehead atoms. The molecule has 94 valence electrons. The van der Waals surface area contributed by atoms with Gasteiger partial charge in [0.15, 0.2) is 0 Å². The molecular formula is C11H16BrN3O2. The first-order valence-corrected chi connectivity index (χ1v) is 6.13. The molecule has 1 heterocycles. The van der Waals surface area contributed by atoms with E-state index < -0.39 is 0 Å². The van der Waals surface area contributed by atoms with Crippen molar-refractivity contribution in [3.63, 3.8) is 0 Å². The third-order valence-corrected chi connectivity index (χ3v) is 2.99. The van der Waals surface area contributed by atoms with E-state index in [0.717, 1.165) is 6.42 Å². The summed E-state index contributed by atoms with van der Waals surface area (Å²) in [6.45, 7) is 5.74. The molecule has 0 aliphatic rings. The zero-order valence-corrected chi connectivity index (χ0v) is 11.3. The lowest BCUT2D eigenvalue weighted by molar-refractivity contribution is 0.266. The quantitative estimate of drug-likeness (QED) is 0.779. The Bertz CT molecular complexity index is 445. The maximum absolute atomic E-state index is 11.8. The van der Waals surface area contributed by atoms with Gasteiger partial charge in [-0.05, 0) is 29.3 Å². The van der Waals surface area contributed by atoms with Gasteiger partial charge in [0.05, 0.1) is 25.0 Å². The van der Waals surface area contributed by atoms with E-state index in [9.17, 15) is 4.79 Å². The van der Waals surface area contributed by atoms with Crippen molar-refractivity contribution in [3.05, 3.63) is 33.7 Å². The average Bonchev–Trinajstić information content (AvgIpc) is 2.29. The van der Waals surface area contributed by atoms with E-state index in [2.05, 4.69) is 32.9 Å². The van der Waals surface area contributed by atoms with E-state index in [0.29, 0.717) is 10.2 Å². The molecule has 0 amide bonds. The van der Waals surface area contributed by atoms with Gasteiger partial charge in [-0.3, -0.25) is 4.79 Å². The normalized spacial score (nSPS) is 12.2. The first-order valence-electron chi connectivity index (χ1n) is 5.34. The molecule has 0 radical (unpaired) electrons. The number of halogens is 1. The maximum Gasteiger partial charge on any atom is 0.283 e. The topological polar surface area (TPSA) is 67.2 Å². The lowest BCUT2D eigenvalue weighted by Gasteiger charge is -2.14. The number of rotatable bonds is 6. The molecule has 1 unspecified atom stereocenters. The predicted octanol–water partition coefficient (Wildman–Crippen LogP) is 1.37. The number of nitrogens with one attached hydrogen (secondary N) is 1. The van der Waals surface area contributed by atoms with E-state index in [1.807, 2.05) is 13.0 Å². The maximum atomic E-state index is 11.8. The fourth-order valence-corrected chi connectivity index (χ4v) is 1.82. The summed E-state index contributed by atoms with van der Waals surface area (Å²) in [4.78, 5) is 11.8. The Morgan fingerprint density at radius 2 is 2.47 bits per heavy atom. The van der Waals surface area contributed by atoms with Gasteiger partial charge in [-0.1, -0.05) is 6.08 Å². The van der Waals surface area contributed by atoms with Crippen LogP contribution in [0.15, 0.2) is 28.1 Å². The van der Waals surface area contributed by atoms with Crippen LogP contribution in [0.4, 0.5) is 5.69 Å². The number of aliphatic hydroxyl groups is 1. The minimum absolute atomic E-state index is 0.112. The van der Waals surface area contributed by atoms with Gasteiger partial charge in [0.1, 0.15) is 4.47 Å². The number of hydrogen-bond acceptors (Lipinski definition) is 4. The van der Waals surface area contributed by atoms with Crippen molar-refractivity contribution in [3.8, 4) is 0 Å². The average molecular weight is 302 g/mol. The molecule has 2 N–H and O–H groups in total. The minimum Gasteiger partial charge on any atom is -0.394 e. The van der Waals surface area contributed by atoms with E-state index in [-0.39, 0.29) is 24.8 Å². The zero-order chi connectivity index (χ0) is 12.8. The second-order valence-electron chi connectivity index (χ2n) is 3.69. The van der Waals surface area contributed by atoms with Crippen molar-refractivity contribution in [1.82, 2.24) is 9.78 Å². The van der Waals surface area contributed by atoms with Crippen molar-refractivity contribution < 1.29 is 5.11 Å². The number of aliphatic hydroxyl groups excluding tert-OH is 1. The molecule has 1 atom stereocenters. The van der Waals surface area contributed by atoms with Gasteiger partial charge >= 0.3 is 0 Å². The molecule has 17 heavy (non-hydrogen) atoms. The Kier molecular flexibility index (Phi) is 5.37. The highest BCUT2D eigenvalue weighted by molar-refractivity contribution is 9.10. The van der Waals surface area contributed by atoms with Crippen LogP contribution in [-0.2, 0) is 6.54 Å². The molecule has 0 saturated heterocycles. The zero-order valence-electron chi connectivity index (χ0n) is 9.69. The number of nitrogens with zero attached hydrogens (tertiary/aromatic N) is 2. The van der Waals surface area contributed by atoms with Crippen LogP contribution in [0.5, 0.6) is 0 Å². The highest BCUT2D eigenvalue weighted by atomic mass is 79.9. The van der Waals surface area contributed by atoms with Crippen LogP contribution in [0, 0.1) is 0 Å². The van der Waals surface area contributed by atoms with Crippen molar-refractivity contribution in [1.29, 1.82) is 0 Å². The van der Waals surface area contributed by atoms with Crippen LogP contribution < -0.4 is 10.9 Å². The molecule has 1 aromatic heterocycles. The molecule has 0 aliphatic heterocycles. The molecule has 0 aliphatic carbocycles. The van der Waals surface area contributed by atoms with Gasteiger partial charge in [0.2, 0.25) is 0 Å². The summed E-state index contributed by atoms with van der Waals surface area (Å²) in [7, 11) is 0. The highest BCUT2D eigenvalue weighted by Gasteiger charge is 2.10.